The van der Waals surface area contributed by atoms with Gasteiger partial charge in [-0.2, -0.15) is 0 Å². The van der Waals surface area contributed by atoms with Crippen molar-refractivity contribution >= 4 is 5.91 Å². The maximum Gasteiger partial charge on any atom is 0.227 e. The van der Waals surface area contributed by atoms with Gasteiger partial charge < -0.3 is 14.4 Å². The second kappa shape index (κ2) is 8.49. The van der Waals surface area contributed by atoms with Gasteiger partial charge >= 0.3 is 0 Å². The van der Waals surface area contributed by atoms with Crippen LogP contribution in [0.2, 0.25) is 0 Å². The summed E-state index contributed by atoms with van der Waals surface area (Å²) in [5.74, 6) is 1.69. The van der Waals surface area contributed by atoms with Gasteiger partial charge in [-0.15, -0.1) is 0 Å². The van der Waals surface area contributed by atoms with Crippen LogP contribution < -0.4 is 0 Å². The van der Waals surface area contributed by atoms with Gasteiger partial charge in [0.15, 0.2) is 0 Å². The number of amides is 1. The fourth-order valence-corrected chi connectivity index (χ4v) is 3.70. The van der Waals surface area contributed by atoms with Crippen LogP contribution in [0.15, 0.2) is 36.7 Å². The van der Waals surface area contributed by atoms with Crippen LogP contribution in [0.1, 0.15) is 35.7 Å². The Kier molecular flexibility index (Phi) is 6.09. The maximum atomic E-state index is 12.8. The van der Waals surface area contributed by atoms with Crippen LogP contribution in [0.4, 0.5) is 0 Å². The van der Waals surface area contributed by atoms with Gasteiger partial charge in [-0.25, -0.2) is 4.98 Å². The summed E-state index contributed by atoms with van der Waals surface area (Å²) >= 11 is 0. The lowest BCUT2D eigenvalue weighted by Gasteiger charge is -2.33. The minimum absolute atomic E-state index is 0.228. The highest BCUT2D eigenvalue weighted by molar-refractivity contribution is 5.79. The molecule has 140 valence electrons. The van der Waals surface area contributed by atoms with Crippen molar-refractivity contribution in [1.82, 2.24) is 19.4 Å². The summed E-state index contributed by atoms with van der Waals surface area (Å²) in [6, 6.07) is 8.24. The Balaban J connectivity index is 1.64. The van der Waals surface area contributed by atoms with Gasteiger partial charge in [0.05, 0.1) is 6.42 Å². The molecule has 5 nitrogen and oxygen atoms in total. The van der Waals surface area contributed by atoms with E-state index in [1.54, 1.807) is 0 Å². The van der Waals surface area contributed by atoms with Crippen LogP contribution in [-0.2, 0) is 17.8 Å². The molecule has 5 heteroatoms. The molecule has 0 N–H and O–H groups in total. The van der Waals surface area contributed by atoms with E-state index in [1.165, 1.54) is 5.56 Å². The number of carbonyl (C=O) groups excluding carboxylic acids is 1. The lowest BCUT2D eigenvalue weighted by Crippen LogP contribution is -2.40. The van der Waals surface area contributed by atoms with E-state index in [-0.39, 0.29) is 5.91 Å². The molecule has 0 saturated carbocycles. The fourth-order valence-electron chi connectivity index (χ4n) is 3.70. The van der Waals surface area contributed by atoms with Gasteiger partial charge in [0.25, 0.3) is 0 Å². The molecule has 1 aromatic carbocycles. The summed E-state index contributed by atoms with van der Waals surface area (Å²) in [4.78, 5) is 21.6. The summed E-state index contributed by atoms with van der Waals surface area (Å²) in [5.41, 5.74) is 2.30. The van der Waals surface area contributed by atoms with Gasteiger partial charge in [0, 0.05) is 44.5 Å². The molecule has 0 radical (unpaired) electrons. The van der Waals surface area contributed by atoms with Crippen molar-refractivity contribution in [2.24, 2.45) is 0 Å². The van der Waals surface area contributed by atoms with Crippen molar-refractivity contribution in [3.63, 3.8) is 0 Å². The Bertz CT molecular complexity index is 737. The molecule has 2 heterocycles. The van der Waals surface area contributed by atoms with E-state index >= 15 is 0 Å². The monoisotopic (exact) mass is 354 g/mol. The molecule has 2 aromatic rings. The van der Waals surface area contributed by atoms with Crippen molar-refractivity contribution in [3.8, 4) is 0 Å². The van der Waals surface area contributed by atoms with E-state index in [4.69, 9.17) is 0 Å². The molecule has 1 aliphatic heterocycles. The zero-order valence-electron chi connectivity index (χ0n) is 16.2. The lowest BCUT2D eigenvalue weighted by molar-refractivity contribution is -0.131. The Labute approximate surface area is 156 Å². The second-order valence-corrected chi connectivity index (χ2v) is 7.63. The molecule has 1 amide bonds. The van der Waals surface area contributed by atoms with Gasteiger partial charge in [-0.3, -0.25) is 4.79 Å². The molecule has 0 spiro atoms. The highest BCUT2D eigenvalue weighted by Gasteiger charge is 2.27. The van der Waals surface area contributed by atoms with Crippen LogP contribution in [0.5, 0.6) is 0 Å². The molecule has 26 heavy (non-hydrogen) atoms. The highest BCUT2D eigenvalue weighted by atomic mass is 16.2. The third-order valence-electron chi connectivity index (χ3n) is 5.11. The topological polar surface area (TPSA) is 41.4 Å². The maximum absolute atomic E-state index is 12.8. The molecule has 3 rings (SSSR count). The molecule has 1 atom stereocenters. The number of rotatable bonds is 6. The van der Waals surface area contributed by atoms with Crippen LogP contribution in [0.3, 0.4) is 0 Å². The first-order valence-electron chi connectivity index (χ1n) is 9.52. The minimum Gasteiger partial charge on any atom is -0.342 e. The third kappa shape index (κ3) is 4.73. The normalized spacial score (nSPS) is 17.7. The number of aryl methyl sites for hydroxylation is 1. The number of piperidine rings is 1. The average molecular weight is 354 g/mol. The third-order valence-corrected chi connectivity index (χ3v) is 5.11. The number of carbonyl (C=O) groups is 1. The van der Waals surface area contributed by atoms with Crippen LogP contribution >= 0.6 is 0 Å². The molecule has 1 aliphatic rings. The predicted molar refractivity (Wildman–Crippen MR) is 104 cm³/mol. The molecule has 0 aliphatic carbocycles. The van der Waals surface area contributed by atoms with Crippen molar-refractivity contribution in [3.05, 3.63) is 53.6 Å². The van der Waals surface area contributed by atoms with Gasteiger partial charge in [0.1, 0.15) is 5.82 Å². The first-order chi connectivity index (χ1) is 12.5. The van der Waals surface area contributed by atoms with Gasteiger partial charge in [0.2, 0.25) is 5.91 Å². The summed E-state index contributed by atoms with van der Waals surface area (Å²) < 4.78 is 2.25. The summed E-state index contributed by atoms with van der Waals surface area (Å²) in [7, 11) is 4.17. The van der Waals surface area contributed by atoms with E-state index in [2.05, 4.69) is 53.8 Å². The Hall–Kier alpha value is -2.14. The number of benzene rings is 1. The molecule has 1 saturated heterocycles. The minimum atomic E-state index is 0.228. The van der Waals surface area contributed by atoms with Crippen LogP contribution in [-0.4, -0.2) is 59.0 Å². The van der Waals surface area contributed by atoms with Crippen LogP contribution in [0, 0.1) is 6.92 Å². The number of hydrogen-bond acceptors (Lipinski definition) is 3. The van der Waals surface area contributed by atoms with Crippen molar-refractivity contribution < 1.29 is 4.79 Å². The summed E-state index contributed by atoms with van der Waals surface area (Å²) in [6.07, 6.45) is 6.59. The number of likely N-dealkylation sites (tertiary alicyclic amines) is 1. The number of imidazole rings is 1. The van der Waals surface area contributed by atoms with E-state index in [0.29, 0.717) is 12.3 Å². The number of aromatic nitrogens is 2. The summed E-state index contributed by atoms with van der Waals surface area (Å²) in [5, 5.41) is 0. The van der Waals surface area contributed by atoms with E-state index in [1.807, 2.05) is 23.2 Å². The Morgan fingerprint density at radius 1 is 1.35 bits per heavy atom. The number of nitrogens with zero attached hydrogens (tertiary/aromatic N) is 4. The van der Waals surface area contributed by atoms with Crippen molar-refractivity contribution in [2.45, 2.75) is 38.6 Å². The average Bonchev–Trinajstić information content (AvgIpc) is 3.08. The zero-order valence-corrected chi connectivity index (χ0v) is 16.2. The second-order valence-electron chi connectivity index (χ2n) is 7.63. The standard InChI is InChI=1S/C21H30N4O/c1-17-6-4-7-18(14-17)15-20(26)25-10-5-8-19(16-25)21-22-9-11-24(21)13-12-23(2)3/h4,6-7,9,11,14,19H,5,8,10,12-13,15-16H2,1-3H3/t19-/m0/s1. The summed E-state index contributed by atoms with van der Waals surface area (Å²) in [6.45, 7) is 5.64. The Morgan fingerprint density at radius 3 is 2.96 bits per heavy atom. The smallest absolute Gasteiger partial charge is 0.227 e. The number of likely N-dealkylation sites (N-methyl/N-ethyl adjacent to an activating group) is 1. The van der Waals surface area contributed by atoms with E-state index in [0.717, 1.165) is 50.4 Å². The molecular formula is C21H30N4O. The van der Waals surface area contributed by atoms with Crippen LogP contribution in [0.25, 0.3) is 0 Å². The quantitative estimate of drug-likeness (QED) is 0.801. The zero-order chi connectivity index (χ0) is 18.5. The van der Waals surface area contributed by atoms with Gasteiger partial charge in [-0.1, -0.05) is 29.8 Å². The highest BCUT2D eigenvalue weighted by Crippen LogP contribution is 2.26. The first-order valence-corrected chi connectivity index (χ1v) is 9.52. The molecule has 0 bridgehead atoms. The Morgan fingerprint density at radius 2 is 2.19 bits per heavy atom. The number of hydrogen-bond donors (Lipinski definition) is 0. The predicted octanol–water partition coefficient (Wildman–Crippen LogP) is 2.70. The fraction of sp³-hybridized carbons (Fsp3) is 0.524. The molecule has 1 fully saturated rings. The SMILES string of the molecule is Cc1cccc(CC(=O)N2CCC[C@H](c3nccn3CCN(C)C)C2)c1. The van der Waals surface area contributed by atoms with E-state index in [9.17, 15) is 4.79 Å². The van der Waals surface area contributed by atoms with Gasteiger partial charge in [-0.05, 0) is 39.4 Å². The molecule has 0 unspecified atom stereocenters. The van der Waals surface area contributed by atoms with Crippen molar-refractivity contribution in [2.75, 3.05) is 33.7 Å². The molecule has 1 aromatic heterocycles. The van der Waals surface area contributed by atoms with Crippen molar-refractivity contribution in [1.29, 1.82) is 0 Å². The van der Waals surface area contributed by atoms with E-state index < -0.39 is 0 Å². The lowest BCUT2D eigenvalue weighted by atomic mass is 9.96. The molecular weight excluding hydrogens is 324 g/mol. The largest absolute Gasteiger partial charge is 0.342 e. The first kappa shape index (κ1) is 18.6.